The van der Waals surface area contributed by atoms with E-state index in [0.29, 0.717) is 5.75 Å². The van der Waals surface area contributed by atoms with Gasteiger partial charge in [0.25, 0.3) is 0 Å². The third-order valence-corrected chi connectivity index (χ3v) is 3.38. The normalized spacial score (nSPS) is 13.0. The average Bonchev–Trinajstić information content (AvgIpc) is 2.50. The summed E-state index contributed by atoms with van der Waals surface area (Å²) in [6.07, 6.45) is 1.91. The molecule has 0 spiro atoms. The lowest BCUT2D eigenvalue weighted by molar-refractivity contribution is 0.407. The van der Waals surface area contributed by atoms with Gasteiger partial charge in [0, 0.05) is 6.54 Å². The number of ether oxygens (including phenoxy) is 1. The fraction of sp³-hybridized carbons (Fsp3) is 0.188. The van der Waals surface area contributed by atoms with E-state index in [4.69, 9.17) is 10.00 Å². The smallest absolute Gasteiger partial charge is 0.198 e. The number of anilines is 1. The largest absolute Gasteiger partial charge is 0.449 e. The summed E-state index contributed by atoms with van der Waals surface area (Å²) in [5.74, 6) is -1.88. The summed E-state index contributed by atoms with van der Waals surface area (Å²) in [5, 5.41) is 11.9. The lowest BCUT2D eigenvalue weighted by Crippen LogP contribution is -2.12. The number of fused-ring (bicyclic) bond motifs is 1. The van der Waals surface area contributed by atoms with Gasteiger partial charge in [0.1, 0.15) is 0 Å². The Labute approximate surface area is 120 Å². The fourth-order valence-electron chi connectivity index (χ4n) is 2.39. The summed E-state index contributed by atoms with van der Waals surface area (Å²) in [4.78, 5) is 0. The summed E-state index contributed by atoms with van der Waals surface area (Å²) in [7, 11) is 0. The van der Waals surface area contributed by atoms with E-state index < -0.39 is 17.4 Å². The maximum atomic E-state index is 13.9. The van der Waals surface area contributed by atoms with Crippen LogP contribution < -0.4 is 10.1 Å². The lowest BCUT2D eigenvalue weighted by atomic mass is 10.0. The predicted molar refractivity (Wildman–Crippen MR) is 74.4 cm³/mol. The summed E-state index contributed by atoms with van der Waals surface area (Å²) in [6, 6.07) is 9.03. The van der Waals surface area contributed by atoms with E-state index in [9.17, 15) is 8.78 Å². The lowest BCUT2D eigenvalue weighted by Gasteiger charge is -2.21. The van der Waals surface area contributed by atoms with Crippen molar-refractivity contribution in [2.24, 2.45) is 0 Å². The molecule has 1 heterocycles. The molecular weight excluding hydrogens is 274 g/mol. The molecule has 106 valence electrons. The van der Waals surface area contributed by atoms with Gasteiger partial charge in [0.05, 0.1) is 17.3 Å². The molecule has 1 aliphatic heterocycles. The van der Waals surface area contributed by atoms with Gasteiger partial charge in [-0.15, -0.1) is 0 Å². The topological polar surface area (TPSA) is 45.0 Å². The summed E-state index contributed by atoms with van der Waals surface area (Å²) in [5.41, 5.74) is 1.76. The highest BCUT2D eigenvalue weighted by Gasteiger charge is 2.18. The Bertz CT molecular complexity index is 715. The van der Waals surface area contributed by atoms with E-state index in [1.807, 2.05) is 6.07 Å². The molecular formula is C16H12F2N2O. The highest BCUT2D eigenvalue weighted by molar-refractivity contribution is 5.64. The molecule has 2 aromatic rings. The molecule has 0 amide bonds. The van der Waals surface area contributed by atoms with Crippen molar-refractivity contribution in [2.45, 2.75) is 12.8 Å². The van der Waals surface area contributed by atoms with Gasteiger partial charge >= 0.3 is 0 Å². The van der Waals surface area contributed by atoms with Gasteiger partial charge in [-0.25, -0.2) is 8.78 Å². The summed E-state index contributed by atoms with van der Waals surface area (Å²) < 4.78 is 33.2. The minimum absolute atomic E-state index is 0.0782. The monoisotopic (exact) mass is 286 g/mol. The van der Waals surface area contributed by atoms with Crippen LogP contribution in [0.4, 0.5) is 14.5 Å². The van der Waals surface area contributed by atoms with Gasteiger partial charge in [0.2, 0.25) is 0 Å². The Morgan fingerprint density at radius 1 is 1.19 bits per heavy atom. The quantitative estimate of drug-likeness (QED) is 0.908. The first-order valence-electron chi connectivity index (χ1n) is 6.62. The van der Waals surface area contributed by atoms with Gasteiger partial charge < -0.3 is 10.1 Å². The van der Waals surface area contributed by atoms with Crippen molar-refractivity contribution in [3.8, 4) is 17.6 Å². The SMILES string of the molecule is N#Cc1cc(F)c(Oc2cccc3c2NCCC3)c(F)c1. The molecule has 0 aromatic heterocycles. The molecule has 1 N–H and O–H groups in total. The van der Waals surface area contributed by atoms with Gasteiger partial charge in [-0.3, -0.25) is 0 Å². The number of nitriles is 1. The molecule has 1 aliphatic rings. The minimum atomic E-state index is -0.889. The first kappa shape index (κ1) is 13.4. The van der Waals surface area contributed by atoms with Crippen LogP contribution in [0.5, 0.6) is 11.5 Å². The minimum Gasteiger partial charge on any atom is -0.449 e. The van der Waals surface area contributed by atoms with Gasteiger partial charge in [-0.2, -0.15) is 5.26 Å². The Kier molecular flexibility index (Phi) is 3.44. The number of rotatable bonds is 2. The van der Waals surface area contributed by atoms with Crippen molar-refractivity contribution >= 4 is 5.69 Å². The molecule has 0 saturated heterocycles. The third kappa shape index (κ3) is 2.52. The number of para-hydroxylation sites is 1. The molecule has 0 fully saturated rings. The second kappa shape index (κ2) is 5.41. The highest BCUT2D eigenvalue weighted by atomic mass is 19.1. The number of aryl methyl sites for hydroxylation is 1. The molecule has 2 aromatic carbocycles. The number of nitrogens with zero attached hydrogens (tertiary/aromatic N) is 1. The standard InChI is InChI=1S/C16H12F2N2O/c17-12-7-10(9-19)8-13(18)16(12)21-14-5-1-3-11-4-2-6-20-15(11)14/h1,3,5,7-8,20H,2,4,6H2. The second-order valence-electron chi connectivity index (χ2n) is 4.80. The molecule has 0 radical (unpaired) electrons. The van der Waals surface area contributed by atoms with E-state index in [1.54, 1.807) is 18.2 Å². The summed E-state index contributed by atoms with van der Waals surface area (Å²) >= 11 is 0. The predicted octanol–water partition coefficient (Wildman–Crippen LogP) is 3.99. The van der Waals surface area contributed by atoms with Crippen molar-refractivity contribution in [3.63, 3.8) is 0 Å². The molecule has 0 unspecified atom stereocenters. The van der Waals surface area contributed by atoms with Crippen LogP contribution in [-0.4, -0.2) is 6.54 Å². The van der Waals surface area contributed by atoms with Crippen molar-refractivity contribution in [2.75, 3.05) is 11.9 Å². The number of nitrogens with one attached hydrogen (secondary N) is 1. The van der Waals surface area contributed by atoms with Crippen LogP contribution in [0.3, 0.4) is 0 Å². The zero-order chi connectivity index (χ0) is 14.8. The van der Waals surface area contributed by atoms with Crippen LogP contribution in [0.1, 0.15) is 17.5 Å². The molecule has 5 heteroatoms. The molecule has 0 bridgehead atoms. The number of hydrogen-bond donors (Lipinski definition) is 1. The second-order valence-corrected chi connectivity index (χ2v) is 4.80. The molecule has 3 rings (SSSR count). The first-order chi connectivity index (χ1) is 10.2. The zero-order valence-electron chi connectivity index (χ0n) is 11.1. The van der Waals surface area contributed by atoms with Crippen molar-refractivity contribution in [1.29, 1.82) is 5.26 Å². The maximum absolute atomic E-state index is 13.9. The van der Waals surface area contributed by atoms with Crippen LogP contribution in [0.2, 0.25) is 0 Å². The highest BCUT2D eigenvalue weighted by Crippen LogP contribution is 2.37. The van der Waals surface area contributed by atoms with E-state index >= 15 is 0 Å². The van der Waals surface area contributed by atoms with Gasteiger partial charge in [-0.1, -0.05) is 12.1 Å². The van der Waals surface area contributed by atoms with Gasteiger partial charge in [-0.05, 0) is 36.6 Å². The van der Waals surface area contributed by atoms with Gasteiger partial charge in [0.15, 0.2) is 23.1 Å². The number of hydrogen-bond acceptors (Lipinski definition) is 3. The molecule has 3 nitrogen and oxygen atoms in total. The zero-order valence-corrected chi connectivity index (χ0v) is 11.1. The van der Waals surface area contributed by atoms with Crippen LogP contribution in [0.25, 0.3) is 0 Å². The first-order valence-corrected chi connectivity index (χ1v) is 6.62. The van der Waals surface area contributed by atoms with Crippen molar-refractivity contribution < 1.29 is 13.5 Å². The Balaban J connectivity index is 2.00. The Morgan fingerprint density at radius 3 is 2.67 bits per heavy atom. The van der Waals surface area contributed by atoms with Crippen LogP contribution in [0.15, 0.2) is 30.3 Å². The molecule has 0 atom stereocenters. The number of benzene rings is 2. The van der Waals surface area contributed by atoms with E-state index in [2.05, 4.69) is 5.32 Å². The van der Waals surface area contributed by atoms with E-state index in [0.717, 1.165) is 42.8 Å². The maximum Gasteiger partial charge on any atom is 0.198 e. The number of halogens is 2. The van der Waals surface area contributed by atoms with E-state index in [-0.39, 0.29) is 5.56 Å². The van der Waals surface area contributed by atoms with E-state index in [1.165, 1.54) is 0 Å². The molecule has 21 heavy (non-hydrogen) atoms. The average molecular weight is 286 g/mol. The van der Waals surface area contributed by atoms with Crippen LogP contribution in [-0.2, 0) is 6.42 Å². The Hall–Kier alpha value is -2.61. The van der Waals surface area contributed by atoms with Crippen molar-refractivity contribution in [3.05, 3.63) is 53.1 Å². The Morgan fingerprint density at radius 2 is 1.95 bits per heavy atom. The fourth-order valence-corrected chi connectivity index (χ4v) is 2.39. The van der Waals surface area contributed by atoms with Crippen LogP contribution in [0, 0.1) is 23.0 Å². The third-order valence-electron chi connectivity index (χ3n) is 3.38. The molecule has 0 saturated carbocycles. The summed E-state index contributed by atoms with van der Waals surface area (Å²) in [6.45, 7) is 0.797. The van der Waals surface area contributed by atoms with Crippen molar-refractivity contribution in [1.82, 2.24) is 0 Å². The molecule has 0 aliphatic carbocycles. The van der Waals surface area contributed by atoms with Crippen LogP contribution >= 0.6 is 0 Å².